The molecule has 1 amide bonds. The second-order valence-electron chi connectivity index (χ2n) is 7.08. The van der Waals surface area contributed by atoms with Gasteiger partial charge in [-0.05, 0) is 42.3 Å². The smallest absolute Gasteiger partial charge is 0.416 e. The standard InChI is InChI=1S/C22H21F3N2O5S/c1-31-16-7-6-13(10-17(16)32-2)8-9-27-19(28)12-18(20(29)30)33-21(27)26-15-5-3-4-14(11-15)22(23,24)25/h3-7,10-11,18H,8-9,12H2,1-2H3,(H,29,30)/t18-/m0/s1. The van der Waals surface area contributed by atoms with Crippen LogP contribution in [0.5, 0.6) is 11.5 Å². The fourth-order valence-corrected chi connectivity index (χ4v) is 4.25. The first kappa shape index (κ1) is 24.4. The molecule has 0 aliphatic carbocycles. The van der Waals surface area contributed by atoms with Crippen LogP contribution >= 0.6 is 11.8 Å². The molecule has 1 aliphatic heterocycles. The third-order valence-electron chi connectivity index (χ3n) is 4.89. The van der Waals surface area contributed by atoms with Crippen molar-refractivity contribution in [2.45, 2.75) is 24.3 Å². The highest BCUT2D eigenvalue weighted by Crippen LogP contribution is 2.34. The van der Waals surface area contributed by atoms with Gasteiger partial charge in [-0.1, -0.05) is 23.9 Å². The Morgan fingerprint density at radius 3 is 2.55 bits per heavy atom. The molecule has 1 saturated heterocycles. The number of hydrogen-bond acceptors (Lipinski definition) is 6. The number of rotatable bonds is 7. The third-order valence-corrected chi connectivity index (χ3v) is 6.06. The summed E-state index contributed by atoms with van der Waals surface area (Å²) >= 11 is 0.838. The van der Waals surface area contributed by atoms with Crippen molar-refractivity contribution in [3.05, 3.63) is 53.6 Å². The number of aliphatic imine (C=N–C) groups is 1. The number of alkyl halides is 3. The lowest BCUT2D eigenvalue weighted by Gasteiger charge is -2.30. The largest absolute Gasteiger partial charge is 0.493 e. The maximum atomic E-state index is 13.1. The summed E-state index contributed by atoms with van der Waals surface area (Å²) in [7, 11) is 3.01. The van der Waals surface area contributed by atoms with Gasteiger partial charge >= 0.3 is 12.1 Å². The molecule has 1 N–H and O–H groups in total. The van der Waals surface area contributed by atoms with Gasteiger partial charge in [-0.2, -0.15) is 13.2 Å². The Labute approximate surface area is 192 Å². The summed E-state index contributed by atoms with van der Waals surface area (Å²) in [5.74, 6) is -0.600. The molecule has 2 aromatic rings. The van der Waals surface area contributed by atoms with E-state index in [1.807, 2.05) is 0 Å². The predicted octanol–water partition coefficient (Wildman–Crippen LogP) is 4.37. The van der Waals surface area contributed by atoms with Gasteiger partial charge in [0.25, 0.3) is 0 Å². The quantitative estimate of drug-likeness (QED) is 0.631. The molecule has 1 heterocycles. The van der Waals surface area contributed by atoms with Crippen molar-refractivity contribution in [3.63, 3.8) is 0 Å². The van der Waals surface area contributed by atoms with Gasteiger partial charge in [0.05, 0.1) is 31.9 Å². The van der Waals surface area contributed by atoms with Crippen LogP contribution in [0.1, 0.15) is 17.5 Å². The van der Waals surface area contributed by atoms with Crippen LogP contribution in [0, 0.1) is 0 Å². The first-order valence-corrected chi connectivity index (χ1v) is 10.7. The van der Waals surface area contributed by atoms with E-state index in [4.69, 9.17) is 9.47 Å². The minimum absolute atomic E-state index is 0.0257. The minimum Gasteiger partial charge on any atom is -0.493 e. The number of thioether (sulfide) groups is 1. The van der Waals surface area contributed by atoms with Crippen molar-refractivity contribution in [1.29, 1.82) is 0 Å². The Morgan fingerprint density at radius 2 is 1.91 bits per heavy atom. The van der Waals surface area contributed by atoms with Crippen molar-refractivity contribution >= 4 is 34.5 Å². The van der Waals surface area contributed by atoms with Crippen LogP contribution in [0.15, 0.2) is 47.5 Å². The van der Waals surface area contributed by atoms with Gasteiger partial charge in [-0.25, -0.2) is 4.99 Å². The Bertz CT molecular complexity index is 1070. The molecule has 0 aromatic heterocycles. The summed E-state index contributed by atoms with van der Waals surface area (Å²) in [5.41, 5.74) is -0.0883. The van der Waals surface area contributed by atoms with Gasteiger partial charge in [0.2, 0.25) is 5.91 Å². The number of halogens is 3. The number of carbonyl (C=O) groups is 2. The van der Waals surface area contributed by atoms with E-state index in [0.717, 1.165) is 29.5 Å². The van der Waals surface area contributed by atoms with E-state index < -0.39 is 28.9 Å². The van der Waals surface area contributed by atoms with Gasteiger partial charge in [0.1, 0.15) is 5.25 Å². The van der Waals surface area contributed by atoms with E-state index in [0.29, 0.717) is 17.9 Å². The molecule has 0 radical (unpaired) electrons. The predicted molar refractivity (Wildman–Crippen MR) is 117 cm³/mol. The number of methoxy groups -OCH3 is 2. The monoisotopic (exact) mass is 482 g/mol. The van der Waals surface area contributed by atoms with Crippen LogP contribution in [0.2, 0.25) is 0 Å². The van der Waals surface area contributed by atoms with E-state index in [1.165, 1.54) is 31.3 Å². The highest BCUT2D eigenvalue weighted by Gasteiger charge is 2.36. The molecule has 0 saturated carbocycles. The lowest BCUT2D eigenvalue weighted by atomic mass is 10.1. The van der Waals surface area contributed by atoms with Gasteiger partial charge in [0.15, 0.2) is 16.7 Å². The van der Waals surface area contributed by atoms with Crippen LogP contribution in [0.3, 0.4) is 0 Å². The van der Waals surface area contributed by atoms with Crippen molar-refractivity contribution in [3.8, 4) is 11.5 Å². The third kappa shape index (κ3) is 5.98. The summed E-state index contributed by atoms with van der Waals surface area (Å²) in [6, 6.07) is 9.62. The molecule has 176 valence electrons. The van der Waals surface area contributed by atoms with E-state index in [9.17, 15) is 27.9 Å². The zero-order valence-corrected chi connectivity index (χ0v) is 18.6. The van der Waals surface area contributed by atoms with Crippen molar-refractivity contribution in [2.24, 2.45) is 4.99 Å². The van der Waals surface area contributed by atoms with Crippen molar-refractivity contribution in [2.75, 3.05) is 20.8 Å². The molecule has 11 heteroatoms. The zero-order chi connectivity index (χ0) is 24.2. The van der Waals surface area contributed by atoms with E-state index in [-0.39, 0.29) is 23.8 Å². The number of carboxylic acids is 1. The average Bonchev–Trinajstić information content (AvgIpc) is 2.77. The van der Waals surface area contributed by atoms with E-state index >= 15 is 0 Å². The number of nitrogens with zero attached hydrogens (tertiary/aromatic N) is 2. The number of amidine groups is 1. The Kier molecular flexibility index (Phi) is 7.52. The van der Waals surface area contributed by atoms with Crippen LogP contribution in [0.25, 0.3) is 0 Å². The van der Waals surface area contributed by atoms with Gasteiger partial charge in [-0.15, -0.1) is 0 Å². The van der Waals surface area contributed by atoms with Crippen LogP contribution in [0.4, 0.5) is 18.9 Å². The van der Waals surface area contributed by atoms with Crippen molar-refractivity contribution in [1.82, 2.24) is 4.90 Å². The molecule has 33 heavy (non-hydrogen) atoms. The second-order valence-corrected chi connectivity index (χ2v) is 8.25. The maximum Gasteiger partial charge on any atom is 0.416 e. The van der Waals surface area contributed by atoms with Crippen LogP contribution in [-0.4, -0.2) is 53.1 Å². The first-order chi connectivity index (χ1) is 15.6. The number of hydrogen-bond donors (Lipinski definition) is 1. The number of carbonyl (C=O) groups excluding carboxylic acids is 1. The summed E-state index contributed by atoms with van der Waals surface area (Å²) < 4.78 is 49.7. The summed E-state index contributed by atoms with van der Waals surface area (Å²) in [5, 5.41) is 8.34. The molecule has 3 rings (SSSR count). The van der Waals surface area contributed by atoms with Crippen LogP contribution < -0.4 is 9.47 Å². The highest BCUT2D eigenvalue weighted by atomic mass is 32.2. The van der Waals surface area contributed by atoms with Gasteiger partial charge in [0, 0.05) is 6.54 Å². The molecule has 2 aromatic carbocycles. The Morgan fingerprint density at radius 1 is 1.18 bits per heavy atom. The van der Waals surface area contributed by atoms with Crippen LogP contribution in [-0.2, 0) is 22.2 Å². The Hall–Kier alpha value is -3.21. The lowest BCUT2D eigenvalue weighted by molar-refractivity contribution is -0.139. The minimum atomic E-state index is -4.55. The number of benzene rings is 2. The topological polar surface area (TPSA) is 88.4 Å². The molecule has 1 aliphatic rings. The fourth-order valence-electron chi connectivity index (χ4n) is 3.19. The normalized spacial score (nSPS) is 17.8. The number of carboxylic acid groups (broad SMARTS) is 1. The van der Waals surface area contributed by atoms with Crippen molar-refractivity contribution < 1.29 is 37.3 Å². The van der Waals surface area contributed by atoms with E-state index in [2.05, 4.69) is 4.99 Å². The first-order valence-electron chi connectivity index (χ1n) is 9.79. The van der Waals surface area contributed by atoms with Gasteiger partial charge in [-0.3, -0.25) is 14.5 Å². The fraction of sp³-hybridized carbons (Fsp3) is 0.318. The van der Waals surface area contributed by atoms with Gasteiger partial charge < -0.3 is 14.6 Å². The number of amides is 1. The average molecular weight is 482 g/mol. The summed E-state index contributed by atoms with van der Waals surface area (Å²) in [4.78, 5) is 29.7. The van der Waals surface area contributed by atoms with E-state index in [1.54, 1.807) is 18.2 Å². The number of ether oxygens (including phenoxy) is 2. The molecular formula is C22H21F3N2O5S. The summed E-state index contributed by atoms with van der Waals surface area (Å²) in [6.45, 7) is 0.158. The molecule has 0 unspecified atom stereocenters. The molecule has 1 fully saturated rings. The maximum absolute atomic E-state index is 13.1. The summed E-state index contributed by atoms with van der Waals surface area (Å²) in [6.07, 6.45) is -4.41. The molecule has 7 nitrogen and oxygen atoms in total. The highest BCUT2D eigenvalue weighted by molar-refractivity contribution is 8.15. The molecule has 0 bridgehead atoms. The zero-order valence-electron chi connectivity index (χ0n) is 17.8. The Balaban J connectivity index is 1.89. The molecule has 1 atom stereocenters. The number of aliphatic carboxylic acids is 1. The lowest BCUT2D eigenvalue weighted by Crippen LogP contribution is -2.44. The molecular weight excluding hydrogens is 461 g/mol. The second kappa shape index (κ2) is 10.2. The molecule has 0 spiro atoms. The SMILES string of the molecule is COc1ccc(CCN2C(=O)C[C@@H](C(=O)O)SC2=Nc2cccc(C(F)(F)F)c2)cc1OC.